The third-order valence-corrected chi connectivity index (χ3v) is 6.88. The van der Waals surface area contributed by atoms with Crippen LogP contribution in [0.25, 0.3) is 0 Å². The van der Waals surface area contributed by atoms with Crippen LogP contribution < -0.4 is 4.74 Å². The summed E-state index contributed by atoms with van der Waals surface area (Å²) in [5, 5.41) is 9.84. The maximum absolute atomic E-state index is 13.8. The van der Waals surface area contributed by atoms with Crippen molar-refractivity contribution in [2.24, 2.45) is 0 Å². The van der Waals surface area contributed by atoms with Gasteiger partial charge in [-0.1, -0.05) is 12.1 Å². The van der Waals surface area contributed by atoms with Crippen molar-refractivity contribution in [3.05, 3.63) is 29.8 Å². The first-order valence-electron chi connectivity index (χ1n) is 18.2. The number of benzene rings is 1. The maximum Gasteiger partial charge on any atom is 0.324 e. The van der Waals surface area contributed by atoms with Gasteiger partial charge in [0.1, 0.15) is 34.2 Å². The van der Waals surface area contributed by atoms with Crippen LogP contribution in [0.15, 0.2) is 24.3 Å². The molecule has 0 fully saturated rings. The molecule has 14 heteroatoms. The van der Waals surface area contributed by atoms with Crippen LogP contribution in [0.2, 0.25) is 0 Å². The molecule has 0 bridgehead atoms. The van der Waals surface area contributed by atoms with Gasteiger partial charge >= 0.3 is 29.8 Å². The molecule has 1 rings (SSSR count). The van der Waals surface area contributed by atoms with E-state index in [4.69, 9.17) is 23.7 Å². The molecule has 0 amide bonds. The molecule has 0 spiro atoms. The molecule has 0 aliphatic rings. The topological polar surface area (TPSA) is 161 Å². The fraction of sp³-hybridized carbons (Fsp3) is 0.718. The van der Waals surface area contributed by atoms with E-state index in [1.807, 2.05) is 19.1 Å². The first-order chi connectivity index (χ1) is 24.1. The number of carboxylic acid groups (broad SMARTS) is 1. The summed E-state index contributed by atoms with van der Waals surface area (Å²) in [4.78, 5) is 69.5. The number of nitrogens with zero attached hydrogens (tertiary/aromatic N) is 3. The van der Waals surface area contributed by atoms with E-state index in [0.29, 0.717) is 12.4 Å². The van der Waals surface area contributed by atoms with E-state index in [9.17, 15) is 29.1 Å². The zero-order valence-electron chi connectivity index (χ0n) is 34.3. The van der Waals surface area contributed by atoms with E-state index in [1.165, 1.54) is 0 Å². The van der Waals surface area contributed by atoms with Gasteiger partial charge in [-0.25, -0.2) is 0 Å². The van der Waals surface area contributed by atoms with Crippen molar-refractivity contribution < 1.29 is 52.8 Å². The summed E-state index contributed by atoms with van der Waals surface area (Å²) < 4.78 is 28.0. The number of ether oxygens (including phenoxy) is 5. The predicted molar refractivity (Wildman–Crippen MR) is 201 cm³/mol. The van der Waals surface area contributed by atoms with Crippen LogP contribution in [0.4, 0.5) is 0 Å². The van der Waals surface area contributed by atoms with Crippen LogP contribution in [0.1, 0.15) is 95.6 Å². The molecule has 0 aromatic heterocycles. The van der Waals surface area contributed by atoms with Crippen LogP contribution in [-0.2, 0) is 49.3 Å². The lowest BCUT2D eigenvalue weighted by Crippen LogP contribution is -2.52. The van der Waals surface area contributed by atoms with Crippen molar-refractivity contribution in [2.75, 3.05) is 59.0 Å². The molecule has 1 aromatic carbocycles. The minimum atomic E-state index is -1.10. The fourth-order valence-electron chi connectivity index (χ4n) is 5.07. The van der Waals surface area contributed by atoms with Gasteiger partial charge in [0, 0.05) is 26.2 Å². The molecule has 0 heterocycles. The Labute approximate surface area is 316 Å². The lowest BCUT2D eigenvalue weighted by Gasteiger charge is -2.34. The van der Waals surface area contributed by atoms with Gasteiger partial charge in [0.2, 0.25) is 0 Å². The molecule has 0 aliphatic carbocycles. The van der Waals surface area contributed by atoms with E-state index >= 15 is 0 Å². The largest absolute Gasteiger partial charge is 0.494 e. The molecule has 1 N–H and O–H groups in total. The summed E-state index contributed by atoms with van der Waals surface area (Å²) >= 11 is 0. The van der Waals surface area contributed by atoms with Gasteiger partial charge in [-0.15, -0.1) is 0 Å². The van der Waals surface area contributed by atoms with Crippen LogP contribution in [0, 0.1) is 0 Å². The molecular formula is C39H65N3O11. The molecule has 0 saturated heterocycles. The van der Waals surface area contributed by atoms with Crippen LogP contribution >= 0.6 is 0 Å². The number of carbonyl (C=O) groups is 5. The Morgan fingerprint density at radius 1 is 0.585 bits per heavy atom. The number of hydrogen-bond acceptors (Lipinski definition) is 13. The molecule has 0 aliphatic heterocycles. The number of carboxylic acids is 1. The summed E-state index contributed by atoms with van der Waals surface area (Å²) in [5.41, 5.74) is -2.33. The monoisotopic (exact) mass is 751 g/mol. The number of hydrogen-bond donors (Lipinski definition) is 1. The Morgan fingerprint density at radius 3 is 1.42 bits per heavy atom. The molecule has 1 aromatic rings. The van der Waals surface area contributed by atoms with Crippen molar-refractivity contribution in [2.45, 2.75) is 125 Å². The van der Waals surface area contributed by atoms with Crippen molar-refractivity contribution >= 4 is 29.8 Å². The minimum absolute atomic E-state index is 0.0750. The van der Waals surface area contributed by atoms with Crippen LogP contribution in [-0.4, -0.2) is 137 Å². The van der Waals surface area contributed by atoms with Crippen molar-refractivity contribution in [1.29, 1.82) is 0 Å². The highest BCUT2D eigenvalue weighted by molar-refractivity contribution is 5.79. The molecule has 0 radical (unpaired) electrons. The highest BCUT2D eigenvalue weighted by Gasteiger charge is 2.34. The summed E-state index contributed by atoms with van der Waals surface area (Å²) in [6.45, 7) is 22.6. The first-order valence-corrected chi connectivity index (χ1v) is 18.2. The third kappa shape index (κ3) is 22.8. The molecule has 302 valence electrons. The number of aliphatic carboxylic acids is 1. The predicted octanol–water partition coefficient (Wildman–Crippen LogP) is 4.35. The average Bonchev–Trinajstić information content (AvgIpc) is 2.93. The SMILES string of the molecule is CCOc1ccc(CC(C(=O)OC(C)(C)C)N(CCN(CCN(CC(=O)OC(C)(C)C)CC(=O)OC(C)(C)C)CC(=O)O)CC(=O)OC(C)(C)C)cc1. The fourth-order valence-corrected chi connectivity index (χ4v) is 5.07. The quantitative estimate of drug-likeness (QED) is 0.148. The normalized spacial score (nSPS) is 13.1. The smallest absolute Gasteiger partial charge is 0.324 e. The van der Waals surface area contributed by atoms with Crippen molar-refractivity contribution in [3.63, 3.8) is 0 Å². The molecular weight excluding hydrogens is 686 g/mol. The molecule has 0 saturated carbocycles. The van der Waals surface area contributed by atoms with E-state index in [2.05, 4.69) is 0 Å². The number of rotatable bonds is 20. The average molecular weight is 752 g/mol. The van der Waals surface area contributed by atoms with Gasteiger partial charge in [0.15, 0.2) is 0 Å². The summed E-state index contributed by atoms with van der Waals surface area (Å²) in [7, 11) is 0. The number of carbonyl (C=O) groups excluding carboxylic acids is 4. The Morgan fingerprint density at radius 2 is 1.00 bits per heavy atom. The number of esters is 4. The lowest BCUT2D eigenvalue weighted by atomic mass is 10.0. The Balaban J connectivity index is 3.45. The van der Waals surface area contributed by atoms with E-state index in [-0.39, 0.29) is 58.8 Å². The molecule has 14 nitrogen and oxygen atoms in total. The molecule has 1 unspecified atom stereocenters. The van der Waals surface area contributed by atoms with Gasteiger partial charge in [-0.2, -0.15) is 0 Å². The summed E-state index contributed by atoms with van der Waals surface area (Å²) in [6.07, 6.45) is 0.183. The molecule has 53 heavy (non-hydrogen) atoms. The zero-order chi connectivity index (χ0) is 40.8. The van der Waals surface area contributed by atoms with Crippen molar-refractivity contribution in [1.82, 2.24) is 14.7 Å². The summed E-state index contributed by atoms with van der Waals surface area (Å²) in [6, 6.07) is 6.35. The minimum Gasteiger partial charge on any atom is -0.494 e. The highest BCUT2D eigenvalue weighted by atomic mass is 16.6. The first kappa shape index (κ1) is 47.3. The lowest BCUT2D eigenvalue weighted by molar-refractivity contribution is -0.165. The van der Waals surface area contributed by atoms with E-state index in [1.54, 1.807) is 110 Å². The van der Waals surface area contributed by atoms with E-state index < -0.39 is 58.3 Å². The van der Waals surface area contributed by atoms with Crippen LogP contribution in [0.5, 0.6) is 5.75 Å². The Bertz CT molecular complexity index is 1310. The molecule has 1 atom stereocenters. The van der Waals surface area contributed by atoms with Gasteiger partial charge in [-0.05, 0) is 114 Å². The second-order valence-electron chi connectivity index (χ2n) is 16.9. The van der Waals surface area contributed by atoms with Gasteiger partial charge in [0.25, 0.3) is 0 Å². The second kappa shape index (κ2) is 20.6. The maximum atomic E-state index is 13.8. The second-order valence-corrected chi connectivity index (χ2v) is 16.9. The standard InChI is InChI=1S/C39H65N3O11/c1-14-49-29-17-15-28(16-18-29)23-30(35(48)53-39(11,12)13)42(27-34(47)52-38(8,9)10)22-21-40(24-31(43)44)19-20-41(25-32(45)50-36(2,3)4)26-33(46)51-37(5,6)7/h15-18,30H,14,19-27H2,1-13H3,(H,43,44). The highest BCUT2D eigenvalue weighted by Crippen LogP contribution is 2.20. The van der Waals surface area contributed by atoms with Gasteiger partial charge in [-0.3, -0.25) is 38.7 Å². The Hall–Kier alpha value is -3.75. The summed E-state index contributed by atoms with van der Waals surface area (Å²) in [5.74, 6) is -2.66. The zero-order valence-corrected chi connectivity index (χ0v) is 34.3. The third-order valence-electron chi connectivity index (χ3n) is 6.88. The van der Waals surface area contributed by atoms with Gasteiger partial charge in [0.05, 0.1) is 32.8 Å². The van der Waals surface area contributed by atoms with E-state index in [0.717, 1.165) is 5.56 Å². The van der Waals surface area contributed by atoms with Crippen LogP contribution in [0.3, 0.4) is 0 Å². The van der Waals surface area contributed by atoms with Crippen molar-refractivity contribution in [3.8, 4) is 5.75 Å². The Kier molecular flexibility index (Phi) is 18.4. The van der Waals surface area contributed by atoms with Gasteiger partial charge < -0.3 is 28.8 Å².